The van der Waals surface area contributed by atoms with Crippen molar-refractivity contribution in [3.63, 3.8) is 0 Å². The molecule has 0 saturated carbocycles. The molecule has 0 aliphatic carbocycles. The monoisotopic (exact) mass is 308 g/mol. The summed E-state index contributed by atoms with van der Waals surface area (Å²) in [6.07, 6.45) is 1.47. The van der Waals surface area contributed by atoms with Gasteiger partial charge in [0, 0.05) is 36.7 Å². The van der Waals surface area contributed by atoms with E-state index in [0.717, 1.165) is 24.6 Å². The van der Waals surface area contributed by atoms with Gasteiger partial charge >= 0.3 is 0 Å². The molecule has 0 aromatic heterocycles. The molecule has 1 heterocycles. The van der Waals surface area contributed by atoms with Crippen LogP contribution in [-0.4, -0.2) is 53.1 Å². The minimum atomic E-state index is -0.459. The van der Waals surface area contributed by atoms with Gasteiger partial charge < -0.3 is 0 Å². The van der Waals surface area contributed by atoms with Crippen molar-refractivity contribution >= 4 is 29.6 Å². The lowest BCUT2D eigenvalue weighted by Gasteiger charge is -2.24. The van der Waals surface area contributed by atoms with Crippen molar-refractivity contribution in [1.82, 2.24) is 10.3 Å². The van der Waals surface area contributed by atoms with E-state index >= 15 is 0 Å². The number of nitro benzene ring substituents is 1. The molecule has 1 fully saturated rings. The van der Waals surface area contributed by atoms with Crippen molar-refractivity contribution in [3.8, 4) is 0 Å². The fourth-order valence-electron chi connectivity index (χ4n) is 1.86. The molecule has 1 saturated heterocycles. The first-order valence-corrected chi connectivity index (χ1v) is 7.67. The predicted molar refractivity (Wildman–Crippen MR) is 82.6 cm³/mol. The van der Waals surface area contributed by atoms with Crippen molar-refractivity contribution in [3.05, 3.63) is 39.9 Å². The van der Waals surface area contributed by atoms with Gasteiger partial charge in [-0.2, -0.15) is 16.9 Å². The van der Waals surface area contributed by atoms with Crippen LogP contribution >= 0.6 is 11.8 Å². The maximum absolute atomic E-state index is 11.7. The van der Waals surface area contributed by atoms with E-state index in [2.05, 4.69) is 15.4 Å². The summed E-state index contributed by atoms with van der Waals surface area (Å²) in [4.78, 5) is 23.8. The van der Waals surface area contributed by atoms with E-state index in [1.807, 2.05) is 11.8 Å². The smallest absolute Gasteiger partial charge is 0.269 e. The zero-order chi connectivity index (χ0) is 15.1. The van der Waals surface area contributed by atoms with Gasteiger partial charge in [0.2, 0.25) is 0 Å². The lowest BCUT2D eigenvalue weighted by atomic mass is 10.2. The quantitative estimate of drug-likeness (QED) is 0.500. The summed E-state index contributed by atoms with van der Waals surface area (Å²) in [7, 11) is 0. The average molecular weight is 308 g/mol. The summed E-state index contributed by atoms with van der Waals surface area (Å²) < 4.78 is 0. The first-order chi connectivity index (χ1) is 10.1. The van der Waals surface area contributed by atoms with Crippen LogP contribution in [-0.2, 0) is 4.79 Å². The molecule has 112 valence electrons. The van der Waals surface area contributed by atoms with E-state index < -0.39 is 4.92 Å². The van der Waals surface area contributed by atoms with E-state index in [4.69, 9.17) is 0 Å². The second-order valence-corrected chi connectivity index (χ2v) is 5.76. The molecule has 8 heteroatoms. The number of amides is 1. The van der Waals surface area contributed by atoms with Crippen molar-refractivity contribution in [2.75, 3.05) is 31.1 Å². The highest BCUT2D eigenvalue weighted by Crippen LogP contribution is 2.10. The topological polar surface area (TPSA) is 87.8 Å². The van der Waals surface area contributed by atoms with Crippen LogP contribution in [0.15, 0.2) is 29.4 Å². The summed E-state index contributed by atoms with van der Waals surface area (Å²) in [6.45, 7) is 2.19. The van der Waals surface area contributed by atoms with Gasteiger partial charge in [-0.3, -0.25) is 19.8 Å². The van der Waals surface area contributed by atoms with Crippen LogP contribution in [0.4, 0.5) is 5.69 Å². The molecule has 0 bridgehead atoms. The Kier molecular flexibility index (Phi) is 5.70. The number of hydrogen-bond donors (Lipinski definition) is 1. The molecule has 1 aromatic carbocycles. The first-order valence-electron chi connectivity index (χ1n) is 6.51. The maximum atomic E-state index is 11.7. The highest BCUT2D eigenvalue weighted by Gasteiger charge is 2.13. The minimum Gasteiger partial charge on any atom is -0.293 e. The van der Waals surface area contributed by atoms with Gasteiger partial charge in [0.25, 0.3) is 11.6 Å². The number of benzene rings is 1. The molecule has 21 heavy (non-hydrogen) atoms. The molecular formula is C13H16N4O3S. The SMILES string of the molecule is O=C(CN1CCSCC1)N/N=C/c1ccc([N+](=O)[O-])cc1. The van der Waals surface area contributed by atoms with E-state index in [0.29, 0.717) is 12.1 Å². The van der Waals surface area contributed by atoms with Gasteiger partial charge in [-0.15, -0.1) is 0 Å². The third kappa shape index (κ3) is 5.16. The number of rotatable bonds is 5. The second-order valence-electron chi connectivity index (χ2n) is 4.53. The number of hydrazone groups is 1. The van der Waals surface area contributed by atoms with E-state index in [9.17, 15) is 14.9 Å². The van der Waals surface area contributed by atoms with E-state index in [-0.39, 0.29) is 11.6 Å². The molecule has 1 aliphatic heterocycles. The molecule has 1 aromatic rings. The largest absolute Gasteiger partial charge is 0.293 e. The predicted octanol–water partition coefficient (Wildman–Crippen LogP) is 1.09. The third-order valence-corrected chi connectivity index (χ3v) is 3.92. The van der Waals surface area contributed by atoms with Crippen molar-refractivity contribution in [1.29, 1.82) is 0 Å². The van der Waals surface area contributed by atoms with Gasteiger partial charge in [0.05, 0.1) is 17.7 Å². The lowest BCUT2D eigenvalue weighted by Crippen LogP contribution is -2.40. The summed E-state index contributed by atoms with van der Waals surface area (Å²) in [5.74, 6) is 1.96. The summed E-state index contributed by atoms with van der Waals surface area (Å²) in [5, 5.41) is 14.4. The number of nitro groups is 1. The van der Waals surface area contributed by atoms with Crippen molar-refractivity contribution in [2.24, 2.45) is 5.10 Å². The molecule has 0 atom stereocenters. The van der Waals surface area contributed by atoms with Gasteiger partial charge in [-0.05, 0) is 17.7 Å². The van der Waals surface area contributed by atoms with Gasteiger partial charge in [-0.1, -0.05) is 0 Å². The Morgan fingerprint density at radius 1 is 1.38 bits per heavy atom. The van der Waals surface area contributed by atoms with Crippen LogP contribution in [0.1, 0.15) is 5.56 Å². The fraction of sp³-hybridized carbons (Fsp3) is 0.385. The zero-order valence-corrected chi connectivity index (χ0v) is 12.2. The minimum absolute atomic E-state index is 0.0270. The number of carbonyl (C=O) groups is 1. The van der Waals surface area contributed by atoms with E-state index in [1.54, 1.807) is 12.1 Å². The third-order valence-electron chi connectivity index (χ3n) is 2.98. The van der Waals surface area contributed by atoms with Crippen molar-refractivity contribution < 1.29 is 9.72 Å². The molecule has 1 aliphatic rings. The number of non-ortho nitro benzene ring substituents is 1. The Morgan fingerprint density at radius 2 is 2.05 bits per heavy atom. The maximum Gasteiger partial charge on any atom is 0.269 e. The number of hydrogen-bond acceptors (Lipinski definition) is 6. The van der Waals surface area contributed by atoms with E-state index in [1.165, 1.54) is 18.3 Å². The van der Waals surface area contributed by atoms with Crippen LogP contribution in [0, 0.1) is 10.1 Å². The summed E-state index contributed by atoms with van der Waals surface area (Å²) in [5.41, 5.74) is 3.18. The zero-order valence-electron chi connectivity index (χ0n) is 11.4. The van der Waals surface area contributed by atoms with Crippen LogP contribution < -0.4 is 5.43 Å². The average Bonchev–Trinajstić information content (AvgIpc) is 2.49. The Labute approximate surface area is 126 Å². The standard InChI is InChI=1S/C13H16N4O3S/c18-13(10-16-5-7-21-8-6-16)15-14-9-11-1-3-12(4-2-11)17(19)20/h1-4,9H,5-8,10H2,(H,15,18)/b14-9+. The Morgan fingerprint density at radius 3 is 2.67 bits per heavy atom. The second kappa shape index (κ2) is 7.75. The van der Waals surface area contributed by atoms with Gasteiger partial charge in [0.15, 0.2) is 0 Å². The Hall–Kier alpha value is -1.93. The molecule has 7 nitrogen and oxygen atoms in total. The highest BCUT2D eigenvalue weighted by molar-refractivity contribution is 7.99. The van der Waals surface area contributed by atoms with Crippen LogP contribution in [0.25, 0.3) is 0 Å². The number of nitrogens with one attached hydrogen (secondary N) is 1. The molecule has 0 spiro atoms. The Balaban J connectivity index is 1.78. The molecule has 1 amide bonds. The van der Waals surface area contributed by atoms with Gasteiger partial charge in [-0.25, -0.2) is 5.43 Å². The van der Waals surface area contributed by atoms with Crippen molar-refractivity contribution in [2.45, 2.75) is 0 Å². The van der Waals surface area contributed by atoms with Crippen LogP contribution in [0.2, 0.25) is 0 Å². The van der Waals surface area contributed by atoms with Crippen LogP contribution in [0.3, 0.4) is 0 Å². The molecule has 0 radical (unpaired) electrons. The van der Waals surface area contributed by atoms with Crippen LogP contribution in [0.5, 0.6) is 0 Å². The number of thioether (sulfide) groups is 1. The number of carbonyl (C=O) groups excluding carboxylic acids is 1. The highest BCUT2D eigenvalue weighted by atomic mass is 32.2. The molecule has 1 N–H and O–H groups in total. The molecule has 2 rings (SSSR count). The number of nitrogens with zero attached hydrogens (tertiary/aromatic N) is 3. The molecular weight excluding hydrogens is 292 g/mol. The lowest BCUT2D eigenvalue weighted by molar-refractivity contribution is -0.384. The Bertz CT molecular complexity index is 527. The summed E-state index contributed by atoms with van der Waals surface area (Å²) >= 11 is 1.89. The molecule has 0 unspecified atom stereocenters. The fourth-order valence-corrected chi connectivity index (χ4v) is 2.84. The van der Waals surface area contributed by atoms with Gasteiger partial charge in [0.1, 0.15) is 0 Å². The first kappa shape index (κ1) is 15.5. The summed E-state index contributed by atoms with van der Waals surface area (Å²) in [6, 6.07) is 5.95. The normalized spacial score (nSPS) is 16.0.